The lowest BCUT2D eigenvalue weighted by molar-refractivity contribution is 0.301. The Bertz CT molecular complexity index is 352. The first-order valence-electron chi connectivity index (χ1n) is 6.90. The summed E-state index contributed by atoms with van der Waals surface area (Å²) in [5, 5.41) is 15.5. The molecule has 0 saturated heterocycles. The Morgan fingerprint density at radius 3 is 2.71 bits per heavy atom. The summed E-state index contributed by atoms with van der Waals surface area (Å²) < 4.78 is 2.01. The Labute approximate surface area is 102 Å². The van der Waals surface area contributed by atoms with Gasteiger partial charge in [-0.3, -0.25) is 0 Å². The third-order valence-corrected chi connectivity index (χ3v) is 3.89. The fourth-order valence-corrected chi connectivity index (χ4v) is 2.63. The molecule has 2 fully saturated rings. The third-order valence-electron chi connectivity index (χ3n) is 3.89. The molecule has 94 valence electrons. The van der Waals surface area contributed by atoms with Crippen molar-refractivity contribution in [2.24, 2.45) is 5.92 Å². The van der Waals surface area contributed by atoms with Crippen molar-refractivity contribution in [3.63, 3.8) is 0 Å². The molecule has 1 N–H and O–H groups in total. The molecule has 0 spiro atoms. The molecule has 1 aromatic rings. The van der Waals surface area contributed by atoms with Crippen molar-refractivity contribution in [3.05, 3.63) is 5.82 Å². The van der Waals surface area contributed by atoms with Crippen molar-refractivity contribution < 1.29 is 0 Å². The molecular weight excluding hydrogens is 214 g/mol. The van der Waals surface area contributed by atoms with Gasteiger partial charge in [-0.2, -0.15) is 0 Å². The summed E-state index contributed by atoms with van der Waals surface area (Å²) >= 11 is 0. The topological polar surface area (TPSA) is 55.6 Å². The zero-order valence-corrected chi connectivity index (χ0v) is 10.3. The average Bonchev–Trinajstić information content (AvgIpc) is 3.09. The summed E-state index contributed by atoms with van der Waals surface area (Å²) in [6.45, 7) is 1.83. The highest BCUT2D eigenvalue weighted by atomic mass is 15.5. The van der Waals surface area contributed by atoms with Gasteiger partial charge >= 0.3 is 0 Å². The summed E-state index contributed by atoms with van der Waals surface area (Å²) in [4.78, 5) is 0. The molecule has 0 radical (unpaired) electrons. The van der Waals surface area contributed by atoms with Crippen molar-refractivity contribution >= 4 is 0 Å². The average molecular weight is 235 g/mol. The normalized spacial score (nSPS) is 21.9. The second kappa shape index (κ2) is 5.12. The first kappa shape index (κ1) is 11.1. The van der Waals surface area contributed by atoms with Crippen LogP contribution < -0.4 is 5.32 Å². The van der Waals surface area contributed by atoms with Crippen LogP contribution in [0.25, 0.3) is 0 Å². The van der Waals surface area contributed by atoms with E-state index in [1.165, 1.54) is 44.9 Å². The maximum atomic E-state index is 4.12. The monoisotopic (exact) mass is 235 g/mol. The van der Waals surface area contributed by atoms with Crippen LogP contribution in [0.3, 0.4) is 0 Å². The Balaban J connectivity index is 1.55. The maximum Gasteiger partial charge on any atom is 0.165 e. The molecule has 1 heterocycles. The summed E-state index contributed by atoms with van der Waals surface area (Å²) in [5.41, 5.74) is 0. The third kappa shape index (κ3) is 3.03. The largest absolute Gasteiger partial charge is 0.307 e. The number of nitrogens with zero attached hydrogens (tertiary/aromatic N) is 4. The van der Waals surface area contributed by atoms with E-state index in [9.17, 15) is 0 Å². The first-order valence-corrected chi connectivity index (χ1v) is 6.90. The Hall–Kier alpha value is -0.970. The highest BCUT2D eigenvalue weighted by Crippen LogP contribution is 2.25. The number of nitrogens with one attached hydrogen (secondary N) is 1. The van der Waals surface area contributed by atoms with Gasteiger partial charge in [0, 0.05) is 12.6 Å². The van der Waals surface area contributed by atoms with Crippen molar-refractivity contribution in [1.82, 2.24) is 25.5 Å². The smallest absolute Gasteiger partial charge is 0.165 e. The molecule has 1 aromatic heterocycles. The molecule has 0 amide bonds. The lowest BCUT2D eigenvalue weighted by Gasteiger charge is -2.21. The van der Waals surface area contributed by atoms with E-state index in [0.717, 1.165) is 30.9 Å². The van der Waals surface area contributed by atoms with Gasteiger partial charge in [0.15, 0.2) is 5.82 Å². The predicted molar refractivity (Wildman–Crippen MR) is 64.3 cm³/mol. The van der Waals surface area contributed by atoms with Gasteiger partial charge in [0.1, 0.15) is 0 Å². The van der Waals surface area contributed by atoms with Gasteiger partial charge in [0.2, 0.25) is 0 Å². The first-order chi connectivity index (χ1) is 8.42. The maximum absolute atomic E-state index is 4.12. The van der Waals surface area contributed by atoms with E-state index >= 15 is 0 Å². The molecule has 2 saturated carbocycles. The summed E-state index contributed by atoms with van der Waals surface area (Å²) in [6, 6.07) is 0.717. The van der Waals surface area contributed by atoms with Gasteiger partial charge in [-0.1, -0.05) is 19.3 Å². The summed E-state index contributed by atoms with van der Waals surface area (Å²) in [6.07, 6.45) is 9.46. The number of hydrogen-bond donors (Lipinski definition) is 1. The van der Waals surface area contributed by atoms with Crippen LogP contribution in [0.15, 0.2) is 0 Å². The van der Waals surface area contributed by atoms with Crippen LogP contribution in [-0.4, -0.2) is 26.2 Å². The minimum absolute atomic E-state index is 0.717. The van der Waals surface area contributed by atoms with E-state index in [0.29, 0.717) is 0 Å². The van der Waals surface area contributed by atoms with E-state index in [1.54, 1.807) is 0 Å². The molecule has 5 nitrogen and oxygen atoms in total. The number of aromatic nitrogens is 4. The molecule has 0 aromatic carbocycles. The van der Waals surface area contributed by atoms with Crippen molar-refractivity contribution in [2.45, 2.75) is 64.1 Å². The van der Waals surface area contributed by atoms with Gasteiger partial charge in [-0.05, 0) is 42.0 Å². The molecule has 5 heteroatoms. The van der Waals surface area contributed by atoms with Crippen molar-refractivity contribution in [1.29, 1.82) is 0 Å². The minimum Gasteiger partial charge on any atom is -0.307 e. The zero-order valence-electron chi connectivity index (χ0n) is 10.3. The van der Waals surface area contributed by atoms with E-state index in [2.05, 4.69) is 20.8 Å². The molecule has 3 rings (SSSR count). The Kier molecular flexibility index (Phi) is 3.36. The van der Waals surface area contributed by atoms with Gasteiger partial charge < -0.3 is 5.32 Å². The van der Waals surface area contributed by atoms with E-state index < -0.39 is 0 Å². The minimum atomic E-state index is 0.717. The van der Waals surface area contributed by atoms with Crippen LogP contribution in [0.5, 0.6) is 0 Å². The lowest BCUT2D eigenvalue weighted by Crippen LogP contribution is -2.22. The molecule has 17 heavy (non-hydrogen) atoms. The second-order valence-corrected chi connectivity index (χ2v) is 5.44. The van der Waals surface area contributed by atoms with E-state index in [1.807, 2.05) is 4.68 Å². The molecular formula is C12H21N5. The molecule has 0 bridgehead atoms. The lowest BCUT2D eigenvalue weighted by atomic mass is 9.89. The Morgan fingerprint density at radius 2 is 1.94 bits per heavy atom. The molecule has 0 unspecified atom stereocenters. The van der Waals surface area contributed by atoms with Crippen molar-refractivity contribution in [3.8, 4) is 0 Å². The van der Waals surface area contributed by atoms with Gasteiger partial charge in [0.05, 0.1) is 6.54 Å². The van der Waals surface area contributed by atoms with Crippen LogP contribution in [-0.2, 0) is 13.1 Å². The highest BCUT2D eigenvalue weighted by molar-refractivity contribution is 4.87. The summed E-state index contributed by atoms with van der Waals surface area (Å²) in [7, 11) is 0. The second-order valence-electron chi connectivity index (χ2n) is 5.44. The standard InChI is InChI=1S/C12H21N5/c1-2-4-10(5-3-1)9-17-12(14-15-16-17)8-13-11-6-7-11/h10-11,13H,1-9H2. The SMILES string of the molecule is C1CCC(Cn2nnnc2CNC2CC2)CC1. The number of tetrazole rings is 1. The fourth-order valence-electron chi connectivity index (χ4n) is 2.63. The van der Waals surface area contributed by atoms with Crippen molar-refractivity contribution in [2.75, 3.05) is 0 Å². The van der Waals surface area contributed by atoms with Crippen LogP contribution in [0, 0.1) is 5.92 Å². The molecule has 0 atom stereocenters. The predicted octanol–water partition coefficient (Wildman–Crippen LogP) is 1.51. The fraction of sp³-hybridized carbons (Fsp3) is 0.917. The number of rotatable bonds is 5. The van der Waals surface area contributed by atoms with Crippen LogP contribution in [0.1, 0.15) is 50.8 Å². The van der Waals surface area contributed by atoms with Gasteiger partial charge in [0.25, 0.3) is 0 Å². The summed E-state index contributed by atoms with van der Waals surface area (Å²) in [5.74, 6) is 1.79. The van der Waals surface area contributed by atoms with Crippen LogP contribution >= 0.6 is 0 Å². The quantitative estimate of drug-likeness (QED) is 0.840. The van der Waals surface area contributed by atoms with Gasteiger partial charge in [-0.15, -0.1) is 5.10 Å². The van der Waals surface area contributed by atoms with Crippen LogP contribution in [0.4, 0.5) is 0 Å². The van der Waals surface area contributed by atoms with E-state index in [-0.39, 0.29) is 0 Å². The van der Waals surface area contributed by atoms with Gasteiger partial charge in [-0.25, -0.2) is 4.68 Å². The Morgan fingerprint density at radius 1 is 1.12 bits per heavy atom. The number of hydrogen-bond acceptors (Lipinski definition) is 4. The molecule has 2 aliphatic rings. The molecule has 0 aliphatic heterocycles. The van der Waals surface area contributed by atoms with E-state index in [4.69, 9.17) is 0 Å². The zero-order chi connectivity index (χ0) is 11.5. The van der Waals surface area contributed by atoms with Crippen LogP contribution in [0.2, 0.25) is 0 Å². The highest BCUT2D eigenvalue weighted by Gasteiger charge is 2.22. The molecule has 2 aliphatic carbocycles.